The molecular formula is C13H25NO2. The highest BCUT2D eigenvalue weighted by atomic mass is 16.5. The standard InChI is InChI=1S/C13H25NO2/c1-5-10-6-7-11(8-10)14-9-13(2,3)12(15)16-4/h10-11,14H,5-9H2,1-4H3. The molecule has 16 heavy (non-hydrogen) atoms. The van der Waals surface area contributed by atoms with Crippen molar-refractivity contribution in [1.82, 2.24) is 5.32 Å². The van der Waals surface area contributed by atoms with E-state index in [0.717, 1.165) is 5.92 Å². The first-order chi connectivity index (χ1) is 7.49. The van der Waals surface area contributed by atoms with Gasteiger partial charge in [-0.1, -0.05) is 13.3 Å². The van der Waals surface area contributed by atoms with Crippen molar-refractivity contribution in [2.75, 3.05) is 13.7 Å². The predicted molar refractivity (Wildman–Crippen MR) is 65.2 cm³/mol. The molecule has 0 amide bonds. The van der Waals surface area contributed by atoms with E-state index >= 15 is 0 Å². The molecular weight excluding hydrogens is 202 g/mol. The van der Waals surface area contributed by atoms with Crippen LogP contribution in [0, 0.1) is 11.3 Å². The molecule has 94 valence electrons. The van der Waals surface area contributed by atoms with Gasteiger partial charge in [0.2, 0.25) is 0 Å². The molecule has 3 heteroatoms. The zero-order valence-electron chi connectivity index (χ0n) is 11.0. The number of esters is 1. The van der Waals surface area contributed by atoms with Gasteiger partial charge in [-0.3, -0.25) is 4.79 Å². The van der Waals surface area contributed by atoms with E-state index in [-0.39, 0.29) is 5.97 Å². The molecule has 0 heterocycles. The van der Waals surface area contributed by atoms with Crippen LogP contribution in [0.3, 0.4) is 0 Å². The minimum Gasteiger partial charge on any atom is -0.469 e. The summed E-state index contributed by atoms with van der Waals surface area (Å²) in [6, 6.07) is 0.592. The lowest BCUT2D eigenvalue weighted by Gasteiger charge is -2.24. The Morgan fingerprint density at radius 2 is 2.12 bits per heavy atom. The van der Waals surface area contributed by atoms with Crippen molar-refractivity contribution in [2.45, 2.75) is 52.5 Å². The monoisotopic (exact) mass is 227 g/mol. The molecule has 2 unspecified atom stereocenters. The summed E-state index contributed by atoms with van der Waals surface area (Å²) in [5.41, 5.74) is -0.418. The van der Waals surface area contributed by atoms with Gasteiger partial charge in [0.25, 0.3) is 0 Å². The lowest BCUT2D eigenvalue weighted by molar-refractivity contribution is -0.150. The second kappa shape index (κ2) is 5.67. The van der Waals surface area contributed by atoms with Gasteiger partial charge in [0, 0.05) is 12.6 Å². The predicted octanol–water partition coefficient (Wildman–Crippen LogP) is 2.35. The van der Waals surface area contributed by atoms with Crippen molar-refractivity contribution in [3.05, 3.63) is 0 Å². The Bertz CT molecular complexity index is 238. The van der Waals surface area contributed by atoms with Crippen LogP contribution in [0.1, 0.15) is 46.5 Å². The van der Waals surface area contributed by atoms with E-state index in [2.05, 4.69) is 12.2 Å². The van der Waals surface area contributed by atoms with Crippen molar-refractivity contribution < 1.29 is 9.53 Å². The summed E-state index contributed by atoms with van der Waals surface area (Å²) in [5.74, 6) is 0.740. The van der Waals surface area contributed by atoms with Crippen LogP contribution in [0.2, 0.25) is 0 Å². The average Bonchev–Trinajstić information content (AvgIpc) is 2.73. The van der Waals surface area contributed by atoms with Gasteiger partial charge in [-0.15, -0.1) is 0 Å². The van der Waals surface area contributed by atoms with Crippen LogP contribution < -0.4 is 5.32 Å². The molecule has 3 nitrogen and oxygen atoms in total. The van der Waals surface area contributed by atoms with E-state index in [4.69, 9.17) is 4.74 Å². The summed E-state index contributed by atoms with van der Waals surface area (Å²) in [4.78, 5) is 11.5. The highest BCUT2D eigenvalue weighted by Crippen LogP contribution is 2.28. The third kappa shape index (κ3) is 3.48. The van der Waals surface area contributed by atoms with E-state index in [1.165, 1.54) is 32.8 Å². The van der Waals surface area contributed by atoms with Crippen LogP contribution in [0.25, 0.3) is 0 Å². The Kier molecular flexibility index (Phi) is 4.78. The van der Waals surface area contributed by atoms with Crippen LogP contribution in [-0.2, 0) is 9.53 Å². The SMILES string of the molecule is CCC1CCC(NCC(C)(C)C(=O)OC)C1. The van der Waals surface area contributed by atoms with E-state index < -0.39 is 5.41 Å². The van der Waals surface area contributed by atoms with Crippen LogP contribution >= 0.6 is 0 Å². The largest absolute Gasteiger partial charge is 0.469 e. The minimum absolute atomic E-state index is 0.134. The van der Waals surface area contributed by atoms with Crippen LogP contribution in [0.4, 0.5) is 0 Å². The quantitative estimate of drug-likeness (QED) is 0.733. The Morgan fingerprint density at radius 3 is 2.62 bits per heavy atom. The van der Waals surface area contributed by atoms with Gasteiger partial charge in [0.1, 0.15) is 0 Å². The topological polar surface area (TPSA) is 38.3 Å². The molecule has 0 saturated heterocycles. The number of ether oxygens (including phenoxy) is 1. The maximum atomic E-state index is 11.5. The van der Waals surface area contributed by atoms with Crippen LogP contribution in [-0.4, -0.2) is 25.7 Å². The molecule has 1 aliphatic carbocycles. The molecule has 1 rings (SSSR count). The normalized spacial score (nSPS) is 25.8. The number of nitrogens with one attached hydrogen (secondary N) is 1. The first-order valence-electron chi connectivity index (χ1n) is 6.31. The maximum Gasteiger partial charge on any atom is 0.312 e. The summed E-state index contributed by atoms with van der Waals surface area (Å²) in [6.45, 7) is 6.82. The van der Waals surface area contributed by atoms with Gasteiger partial charge in [-0.2, -0.15) is 0 Å². The zero-order valence-corrected chi connectivity index (χ0v) is 11.0. The summed E-state index contributed by atoms with van der Waals surface area (Å²) >= 11 is 0. The van der Waals surface area contributed by atoms with Gasteiger partial charge < -0.3 is 10.1 Å². The second-order valence-electron chi connectivity index (χ2n) is 5.54. The molecule has 1 fully saturated rings. The van der Waals surface area contributed by atoms with Crippen molar-refractivity contribution in [1.29, 1.82) is 0 Å². The molecule has 0 aromatic rings. The van der Waals surface area contributed by atoms with E-state index in [1.54, 1.807) is 0 Å². The molecule has 1 aliphatic rings. The molecule has 1 N–H and O–H groups in total. The first-order valence-corrected chi connectivity index (χ1v) is 6.31. The molecule has 0 aromatic heterocycles. The number of rotatable bonds is 5. The first kappa shape index (κ1) is 13.5. The fourth-order valence-electron chi connectivity index (χ4n) is 2.38. The number of methoxy groups -OCH3 is 1. The molecule has 0 aromatic carbocycles. The highest BCUT2D eigenvalue weighted by molar-refractivity contribution is 5.76. The third-order valence-corrected chi connectivity index (χ3v) is 3.69. The summed E-state index contributed by atoms with van der Waals surface area (Å²) in [5, 5.41) is 3.50. The molecule has 0 aliphatic heterocycles. The molecule has 0 spiro atoms. The Morgan fingerprint density at radius 1 is 1.44 bits per heavy atom. The fourth-order valence-corrected chi connectivity index (χ4v) is 2.38. The number of carbonyl (C=O) groups excluding carboxylic acids is 1. The van der Waals surface area contributed by atoms with E-state index in [0.29, 0.717) is 12.6 Å². The van der Waals surface area contributed by atoms with Gasteiger partial charge in [0.15, 0.2) is 0 Å². The zero-order chi connectivity index (χ0) is 12.2. The second-order valence-corrected chi connectivity index (χ2v) is 5.54. The Labute approximate surface area is 98.9 Å². The van der Waals surface area contributed by atoms with Crippen molar-refractivity contribution in [3.8, 4) is 0 Å². The van der Waals surface area contributed by atoms with Gasteiger partial charge >= 0.3 is 5.97 Å². The molecule has 1 saturated carbocycles. The Hall–Kier alpha value is -0.570. The third-order valence-electron chi connectivity index (χ3n) is 3.69. The summed E-state index contributed by atoms with van der Waals surface area (Å²) in [7, 11) is 1.45. The number of hydrogen-bond acceptors (Lipinski definition) is 3. The van der Waals surface area contributed by atoms with Gasteiger partial charge in [-0.05, 0) is 39.0 Å². The summed E-state index contributed by atoms with van der Waals surface area (Å²) in [6.07, 6.45) is 5.11. The van der Waals surface area contributed by atoms with Crippen LogP contribution in [0.15, 0.2) is 0 Å². The van der Waals surface area contributed by atoms with Crippen LogP contribution in [0.5, 0.6) is 0 Å². The summed E-state index contributed by atoms with van der Waals surface area (Å²) < 4.78 is 4.79. The van der Waals surface area contributed by atoms with Crippen molar-refractivity contribution in [3.63, 3.8) is 0 Å². The van der Waals surface area contributed by atoms with Crippen molar-refractivity contribution in [2.24, 2.45) is 11.3 Å². The minimum atomic E-state index is -0.418. The lowest BCUT2D eigenvalue weighted by Crippen LogP contribution is -2.40. The molecule has 0 radical (unpaired) electrons. The van der Waals surface area contributed by atoms with E-state index in [1.807, 2.05) is 13.8 Å². The van der Waals surface area contributed by atoms with E-state index in [9.17, 15) is 4.79 Å². The highest BCUT2D eigenvalue weighted by Gasteiger charge is 2.31. The lowest BCUT2D eigenvalue weighted by atomic mass is 9.93. The number of hydrogen-bond donors (Lipinski definition) is 1. The fraction of sp³-hybridized carbons (Fsp3) is 0.923. The average molecular weight is 227 g/mol. The van der Waals surface area contributed by atoms with Crippen molar-refractivity contribution >= 4 is 5.97 Å². The van der Waals surface area contributed by atoms with Gasteiger partial charge in [0.05, 0.1) is 12.5 Å². The maximum absolute atomic E-state index is 11.5. The molecule has 0 bridgehead atoms. The molecule has 2 atom stereocenters. The number of carbonyl (C=O) groups is 1. The van der Waals surface area contributed by atoms with Gasteiger partial charge in [-0.25, -0.2) is 0 Å². The Balaban J connectivity index is 2.32. The smallest absolute Gasteiger partial charge is 0.312 e.